The molecule has 0 aliphatic carbocycles. The van der Waals surface area contributed by atoms with E-state index >= 15 is 0 Å². The topological polar surface area (TPSA) is 18.5 Å². The van der Waals surface area contributed by atoms with Gasteiger partial charge in [0.25, 0.3) is 0 Å². The molecule has 78 valence electrons. The van der Waals surface area contributed by atoms with Crippen LogP contribution in [-0.4, -0.2) is 20.3 Å². The maximum atomic E-state index is 13.0. The first-order chi connectivity index (χ1) is 6.76. The first-order valence-corrected chi connectivity index (χ1v) is 5.35. The van der Waals surface area contributed by atoms with Gasteiger partial charge in [-0.3, -0.25) is 0 Å². The Kier molecular flexibility index (Phi) is 4.90. The first kappa shape index (κ1) is 11.5. The van der Waals surface area contributed by atoms with Crippen molar-refractivity contribution in [3.8, 4) is 5.75 Å². The van der Waals surface area contributed by atoms with Crippen molar-refractivity contribution >= 4 is 15.9 Å². The van der Waals surface area contributed by atoms with Crippen LogP contribution in [0, 0.1) is 5.82 Å². The molecule has 0 saturated carbocycles. The van der Waals surface area contributed by atoms with Crippen LogP contribution in [0.25, 0.3) is 0 Å². The molecule has 0 heterocycles. The smallest absolute Gasteiger partial charge is 0.127 e. The molecule has 4 heteroatoms. The molecule has 0 atom stereocenters. The zero-order valence-electron chi connectivity index (χ0n) is 7.93. The van der Waals surface area contributed by atoms with E-state index in [1.54, 1.807) is 13.2 Å². The van der Waals surface area contributed by atoms with Gasteiger partial charge in [0.15, 0.2) is 0 Å². The summed E-state index contributed by atoms with van der Waals surface area (Å²) in [6, 6.07) is 4.63. The third-order valence-corrected chi connectivity index (χ3v) is 2.29. The van der Waals surface area contributed by atoms with Gasteiger partial charge in [-0.2, -0.15) is 0 Å². The van der Waals surface area contributed by atoms with Gasteiger partial charge in [-0.25, -0.2) is 4.39 Å². The van der Waals surface area contributed by atoms with E-state index in [4.69, 9.17) is 9.47 Å². The lowest BCUT2D eigenvalue weighted by molar-refractivity contribution is 0.146. The van der Waals surface area contributed by atoms with Crippen LogP contribution in [0.4, 0.5) is 4.39 Å². The molecule has 2 nitrogen and oxygen atoms in total. The second-order valence-corrected chi connectivity index (χ2v) is 3.33. The Balaban J connectivity index is 2.62. The standard InChI is InChI=1S/C10H12BrFO2/c1-13-2-3-14-10-5-8(7-11)4-9(12)6-10/h4-6H,2-3,7H2,1H3. The van der Waals surface area contributed by atoms with Gasteiger partial charge in [0.05, 0.1) is 6.61 Å². The minimum Gasteiger partial charge on any atom is -0.491 e. The first-order valence-electron chi connectivity index (χ1n) is 4.23. The number of hydrogen-bond donors (Lipinski definition) is 0. The lowest BCUT2D eigenvalue weighted by Gasteiger charge is -2.06. The number of benzene rings is 1. The van der Waals surface area contributed by atoms with Gasteiger partial charge in [0.2, 0.25) is 0 Å². The molecule has 1 aromatic rings. The van der Waals surface area contributed by atoms with Crippen LogP contribution in [0.15, 0.2) is 18.2 Å². The quantitative estimate of drug-likeness (QED) is 0.600. The molecular weight excluding hydrogens is 251 g/mol. The Morgan fingerprint density at radius 3 is 2.71 bits per heavy atom. The molecule has 1 aromatic carbocycles. The van der Waals surface area contributed by atoms with Crippen LogP contribution >= 0.6 is 15.9 Å². The Morgan fingerprint density at radius 2 is 2.07 bits per heavy atom. The molecule has 0 spiro atoms. The average Bonchev–Trinajstić information content (AvgIpc) is 2.17. The van der Waals surface area contributed by atoms with Gasteiger partial charge in [-0.1, -0.05) is 15.9 Å². The highest BCUT2D eigenvalue weighted by Crippen LogP contribution is 2.18. The van der Waals surface area contributed by atoms with Gasteiger partial charge in [0.1, 0.15) is 18.2 Å². The number of rotatable bonds is 5. The van der Waals surface area contributed by atoms with E-state index in [0.717, 1.165) is 5.56 Å². The maximum Gasteiger partial charge on any atom is 0.127 e. The highest BCUT2D eigenvalue weighted by molar-refractivity contribution is 9.08. The van der Waals surface area contributed by atoms with E-state index in [9.17, 15) is 4.39 Å². The SMILES string of the molecule is COCCOc1cc(F)cc(CBr)c1. The predicted octanol–water partition coefficient (Wildman–Crippen LogP) is 2.75. The Hall–Kier alpha value is -0.610. The molecule has 0 unspecified atom stereocenters. The number of ether oxygens (including phenoxy) is 2. The van der Waals surface area contributed by atoms with Crippen LogP contribution in [0.5, 0.6) is 5.75 Å². The van der Waals surface area contributed by atoms with Crippen molar-refractivity contribution in [3.63, 3.8) is 0 Å². The fourth-order valence-electron chi connectivity index (χ4n) is 1.02. The molecule has 14 heavy (non-hydrogen) atoms. The van der Waals surface area contributed by atoms with Crippen molar-refractivity contribution < 1.29 is 13.9 Å². The van der Waals surface area contributed by atoms with Crippen LogP contribution in [-0.2, 0) is 10.1 Å². The minimum absolute atomic E-state index is 0.283. The third kappa shape index (κ3) is 3.64. The van der Waals surface area contributed by atoms with E-state index < -0.39 is 0 Å². The Bertz CT molecular complexity index is 291. The van der Waals surface area contributed by atoms with Crippen LogP contribution in [0.1, 0.15) is 5.56 Å². The zero-order chi connectivity index (χ0) is 10.4. The minimum atomic E-state index is -0.283. The molecule has 0 radical (unpaired) electrons. The molecule has 0 N–H and O–H groups in total. The molecule has 0 amide bonds. The highest BCUT2D eigenvalue weighted by atomic mass is 79.9. The van der Waals surface area contributed by atoms with Crippen molar-refractivity contribution in [3.05, 3.63) is 29.6 Å². The molecule has 0 fully saturated rings. The van der Waals surface area contributed by atoms with Gasteiger partial charge < -0.3 is 9.47 Å². The van der Waals surface area contributed by atoms with Crippen molar-refractivity contribution in [1.29, 1.82) is 0 Å². The number of halogens is 2. The van der Waals surface area contributed by atoms with E-state index in [1.165, 1.54) is 12.1 Å². The monoisotopic (exact) mass is 262 g/mol. The lowest BCUT2D eigenvalue weighted by atomic mass is 10.2. The summed E-state index contributed by atoms with van der Waals surface area (Å²) in [4.78, 5) is 0. The Labute approximate surface area is 91.2 Å². The van der Waals surface area contributed by atoms with Gasteiger partial charge in [-0.15, -0.1) is 0 Å². The molecule has 0 saturated heterocycles. The second-order valence-electron chi connectivity index (χ2n) is 2.77. The Morgan fingerprint density at radius 1 is 1.29 bits per heavy atom. The fourth-order valence-corrected chi connectivity index (χ4v) is 1.35. The van der Waals surface area contributed by atoms with E-state index in [2.05, 4.69) is 15.9 Å². The summed E-state index contributed by atoms with van der Waals surface area (Å²) in [5, 5.41) is 0.616. The zero-order valence-corrected chi connectivity index (χ0v) is 9.51. The molecule has 0 aromatic heterocycles. The fraction of sp³-hybridized carbons (Fsp3) is 0.400. The average molecular weight is 263 g/mol. The summed E-state index contributed by atoms with van der Waals surface area (Å²) in [5.74, 6) is 0.255. The van der Waals surface area contributed by atoms with Gasteiger partial charge >= 0.3 is 0 Å². The van der Waals surface area contributed by atoms with E-state index in [0.29, 0.717) is 24.3 Å². The number of hydrogen-bond acceptors (Lipinski definition) is 2. The lowest BCUT2D eigenvalue weighted by Crippen LogP contribution is -2.04. The van der Waals surface area contributed by atoms with Crippen molar-refractivity contribution in [2.75, 3.05) is 20.3 Å². The maximum absolute atomic E-state index is 13.0. The molecule has 1 rings (SSSR count). The molecule has 0 aliphatic rings. The van der Waals surface area contributed by atoms with Crippen molar-refractivity contribution in [2.45, 2.75) is 5.33 Å². The summed E-state index contributed by atoms with van der Waals surface area (Å²) in [6.45, 7) is 0.932. The van der Waals surface area contributed by atoms with Gasteiger partial charge in [-0.05, 0) is 17.7 Å². The van der Waals surface area contributed by atoms with E-state index in [1.807, 2.05) is 0 Å². The molecular formula is C10H12BrFO2. The van der Waals surface area contributed by atoms with Crippen LogP contribution < -0.4 is 4.74 Å². The normalized spacial score (nSPS) is 10.2. The third-order valence-electron chi connectivity index (χ3n) is 1.64. The summed E-state index contributed by atoms with van der Waals surface area (Å²) in [5.41, 5.74) is 0.859. The largest absolute Gasteiger partial charge is 0.491 e. The second kappa shape index (κ2) is 5.98. The number of alkyl halides is 1. The number of methoxy groups -OCH3 is 1. The predicted molar refractivity (Wildman–Crippen MR) is 56.4 cm³/mol. The molecule has 0 aliphatic heterocycles. The van der Waals surface area contributed by atoms with Crippen molar-refractivity contribution in [1.82, 2.24) is 0 Å². The van der Waals surface area contributed by atoms with Crippen LogP contribution in [0.2, 0.25) is 0 Å². The van der Waals surface area contributed by atoms with Crippen LogP contribution in [0.3, 0.4) is 0 Å². The van der Waals surface area contributed by atoms with Crippen molar-refractivity contribution in [2.24, 2.45) is 0 Å². The van der Waals surface area contributed by atoms with Gasteiger partial charge in [0, 0.05) is 18.5 Å². The summed E-state index contributed by atoms with van der Waals surface area (Å²) < 4.78 is 23.1. The summed E-state index contributed by atoms with van der Waals surface area (Å²) >= 11 is 3.26. The summed E-state index contributed by atoms with van der Waals surface area (Å²) in [7, 11) is 1.60. The summed E-state index contributed by atoms with van der Waals surface area (Å²) in [6.07, 6.45) is 0. The highest BCUT2D eigenvalue weighted by Gasteiger charge is 2.00. The van der Waals surface area contributed by atoms with E-state index in [-0.39, 0.29) is 5.82 Å². The molecule has 0 bridgehead atoms.